The van der Waals surface area contributed by atoms with E-state index in [0.29, 0.717) is 12.1 Å². The van der Waals surface area contributed by atoms with E-state index in [2.05, 4.69) is 0 Å². The van der Waals surface area contributed by atoms with Gasteiger partial charge >= 0.3 is 5.97 Å². The first-order valence-electron chi connectivity index (χ1n) is 6.48. The van der Waals surface area contributed by atoms with E-state index in [1.54, 1.807) is 13.8 Å². The van der Waals surface area contributed by atoms with Gasteiger partial charge in [-0.2, -0.15) is 0 Å². The van der Waals surface area contributed by atoms with Crippen molar-refractivity contribution >= 4 is 5.97 Å². The van der Waals surface area contributed by atoms with Gasteiger partial charge in [-0.25, -0.2) is 18.0 Å². The van der Waals surface area contributed by atoms with E-state index in [1.807, 2.05) is 0 Å². The summed E-state index contributed by atoms with van der Waals surface area (Å²) in [6.45, 7) is 3.46. The molecule has 0 fully saturated rings. The van der Waals surface area contributed by atoms with Crippen LogP contribution in [0.25, 0.3) is 11.1 Å². The van der Waals surface area contributed by atoms with Crippen LogP contribution in [0.4, 0.5) is 13.2 Å². The third-order valence-electron chi connectivity index (χ3n) is 2.89. The van der Waals surface area contributed by atoms with Gasteiger partial charge in [0.05, 0.1) is 6.10 Å². The first-order chi connectivity index (χ1) is 10.3. The van der Waals surface area contributed by atoms with Gasteiger partial charge in [0.2, 0.25) is 0 Å². The van der Waals surface area contributed by atoms with Crippen molar-refractivity contribution < 1.29 is 27.8 Å². The molecule has 0 aromatic heterocycles. The van der Waals surface area contributed by atoms with Crippen LogP contribution in [0, 0.1) is 17.5 Å². The quantitative estimate of drug-likeness (QED) is 0.858. The summed E-state index contributed by atoms with van der Waals surface area (Å²) in [5.74, 6) is -4.64. The summed E-state index contributed by atoms with van der Waals surface area (Å²) in [5, 5.41) is 9.21. The minimum absolute atomic E-state index is 0.116. The summed E-state index contributed by atoms with van der Waals surface area (Å²) >= 11 is 0. The Balaban J connectivity index is 2.56. The minimum atomic E-state index is -1.31. The van der Waals surface area contributed by atoms with Crippen LogP contribution >= 0.6 is 0 Å². The molecule has 6 heteroatoms. The molecule has 0 bridgehead atoms. The molecule has 2 rings (SSSR count). The molecule has 2 aromatic rings. The van der Waals surface area contributed by atoms with Gasteiger partial charge in [0, 0.05) is 11.6 Å². The molecule has 0 heterocycles. The number of hydrogen-bond acceptors (Lipinski definition) is 2. The summed E-state index contributed by atoms with van der Waals surface area (Å²) in [4.78, 5) is 11.3. The zero-order valence-corrected chi connectivity index (χ0v) is 11.9. The molecule has 0 amide bonds. The normalized spacial score (nSPS) is 10.8. The Labute approximate surface area is 125 Å². The van der Waals surface area contributed by atoms with Gasteiger partial charge in [0.25, 0.3) is 0 Å². The fraction of sp³-hybridized carbons (Fsp3) is 0.188. The molecule has 0 radical (unpaired) electrons. The molecule has 0 aliphatic carbocycles. The zero-order valence-electron chi connectivity index (χ0n) is 11.9. The van der Waals surface area contributed by atoms with Crippen molar-refractivity contribution in [1.82, 2.24) is 0 Å². The van der Waals surface area contributed by atoms with Gasteiger partial charge < -0.3 is 9.84 Å². The molecule has 22 heavy (non-hydrogen) atoms. The second kappa shape index (κ2) is 6.09. The molecular weight excluding hydrogens is 297 g/mol. The van der Waals surface area contributed by atoms with Gasteiger partial charge in [-0.1, -0.05) is 6.07 Å². The molecule has 0 spiro atoms. The monoisotopic (exact) mass is 310 g/mol. The highest BCUT2D eigenvalue weighted by Crippen LogP contribution is 2.30. The second-order valence-corrected chi connectivity index (χ2v) is 4.93. The van der Waals surface area contributed by atoms with E-state index >= 15 is 0 Å². The van der Waals surface area contributed by atoms with Crippen molar-refractivity contribution in [2.45, 2.75) is 20.0 Å². The first kappa shape index (κ1) is 15.9. The molecule has 0 atom stereocenters. The van der Waals surface area contributed by atoms with E-state index in [4.69, 9.17) is 4.74 Å². The number of ether oxygens (including phenoxy) is 1. The molecule has 0 aliphatic rings. The van der Waals surface area contributed by atoms with E-state index in [0.717, 1.165) is 6.07 Å². The summed E-state index contributed by atoms with van der Waals surface area (Å²) < 4.78 is 45.4. The lowest BCUT2D eigenvalue weighted by Crippen LogP contribution is -2.10. The van der Waals surface area contributed by atoms with Gasteiger partial charge in [-0.15, -0.1) is 0 Å². The lowest BCUT2D eigenvalue weighted by Gasteiger charge is -2.14. The second-order valence-electron chi connectivity index (χ2n) is 4.93. The van der Waals surface area contributed by atoms with E-state index in [9.17, 15) is 23.1 Å². The largest absolute Gasteiger partial charge is 0.490 e. The third kappa shape index (κ3) is 3.21. The maximum Gasteiger partial charge on any atom is 0.339 e. The van der Waals surface area contributed by atoms with Crippen LogP contribution < -0.4 is 4.74 Å². The van der Waals surface area contributed by atoms with Gasteiger partial charge in [0.15, 0.2) is 11.6 Å². The van der Waals surface area contributed by atoms with Crippen molar-refractivity contribution in [3.05, 3.63) is 53.3 Å². The fourth-order valence-electron chi connectivity index (χ4n) is 1.97. The average molecular weight is 310 g/mol. The number of halogens is 3. The first-order valence-corrected chi connectivity index (χ1v) is 6.48. The Morgan fingerprint density at radius 1 is 1.05 bits per heavy atom. The molecule has 2 aromatic carbocycles. The van der Waals surface area contributed by atoms with Crippen molar-refractivity contribution in [1.29, 1.82) is 0 Å². The van der Waals surface area contributed by atoms with Crippen LogP contribution in [0.1, 0.15) is 24.2 Å². The lowest BCUT2D eigenvalue weighted by atomic mass is 10.0. The highest BCUT2D eigenvalue weighted by molar-refractivity contribution is 5.92. The predicted molar refractivity (Wildman–Crippen MR) is 74.5 cm³/mol. The molecule has 1 N–H and O–H groups in total. The molecule has 0 aliphatic heterocycles. The van der Waals surface area contributed by atoms with E-state index in [1.165, 1.54) is 12.1 Å². The fourth-order valence-corrected chi connectivity index (χ4v) is 1.97. The molecule has 3 nitrogen and oxygen atoms in total. The van der Waals surface area contributed by atoms with Gasteiger partial charge in [0.1, 0.15) is 17.1 Å². The van der Waals surface area contributed by atoms with E-state index < -0.39 is 23.4 Å². The highest BCUT2D eigenvalue weighted by Gasteiger charge is 2.17. The predicted octanol–water partition coefficient (Wildman–Crippen LogP) is 4.26. The van der Waals surface area contributed by atoms with Crippen molar-refractivity contribution in [2.75, 3.05) is 0 Å². The van der Waals surface area contributed by atoms with Crippen molar-refractivity contribution in [3.63, 3.8) is 0 Å². The van der Waals surface area contributed by atoms with Gasteiger partial charge in [-0.05, 0) is 37.6 Å². The van der Waals surface area contributed by atoms with Crippen molar-refractivity contribution in [2.24, 2.45) is 0 Å². The molecule has 116 valence electrons. The summed E-state index contributed by atoms with van der Waals surface area (Å²) in [7, 11) is 0. The Morgan fingerprint density at radius 3 is 2.27 bits per heavy atom. The number of carboxylic acid groups (broad SMARTS) is 1. The number of aromatic carboxylic acids is 1. The number of hydrogen-bond donors (Lipinski definition) is 1. The summed E-state index contributed by atoms with van der Waals surface area (Å²) in [6, 6.07) is 5.02. The number of benzene rings is 2. The average Bonchev–Trinajstić information content (AvgIpc) is 2.42. The standard InChI is InChI=1S/C16H13F3O3/c1-8(2)22-15-4-3-9(5-11(15)16(20)21)10-6-13(18)14(19)7-12(10)17/h3-8H,1-2H3,(H,20,21). The van der Waals surface area contributed by atoms with Crippen LogP contribution in [0.5, 0.6) is 5.75 Å². The Hall–Kier alpha value is -2.50. The topological polar surface area (TPSA) is 46.5 Å². The number of carboxylic acids is 1. The summed E-state index contributed by atoms with van der Waals surface area (Å²) in [6.07, 6.45) is -0.246. The SMILES string of the molecule is CC(C)Oc1ccc(-c2cc(F)c(F)cc2F)cc1C(=O)O. The minimum Gasteiger partial charge on any atom is -0.490 e. The molecular formula is C16H13F3O3. The van der Waals surface area contributed by atoms with Crippen LogP contribution in [0.2, 0.25) is 0 Å². The number of rotatable bonds is 4. The molecule has 0 saturated heterocycles. The Kier molecular flexibility index (Phi) is 4.40. The van der Waals surface area contributed by atoms with Crippen LogP contribution in [-0.2, 0) is 0 Å². The Morgan fingerprint density at radius 2 is 1.68 bits per heavy atom. The zero-order chi connectivity index (χ0) is 16.4. The lowest BCUT2D eigenvalue weighted by molar-refractivity contribution is 0.0690. The molecule has 0 saturated carbocycles. The molecule has 0 unspecified atom stereocenters. The van der Waals surface area contributed by atoms with Crippen LogP contribution in [-0.4, -0.2) is 17.2 Å². The van der Waals surface area contributed by atoms with Gasteiger partial charge in [-0.3, -0.25) is 0 Å². The van der Waals surface area contributed by atoms with Crippen LogP contribution in [0.15, 0.2) is 30.3 Å². The highest BCUT2D eigenvalue weighted by atomic mass is 19.2. The summed E-state index contributed by atoms with van der Waals surface area (Å²) in [5.41, 5.74) is -0.294. The Bertz CT molecular complexity index is 727. The van der Waals surface area contributed by atoms with Crippen molar-refractivity contribution in [3.8, 4) is 16.9 Å². The maximum atomic E-state index is 13.8. The van der Waals surface area contributed by atoms with Crippen LogP contribution in [0.3, 0.4) is 0 Å². The number of carbonyl (C=O) groups is 1. The smallest absolute Gasteiger partial charge is 0.339 e. The maximum absolute atomic E-state index is 13.8. The van der Waals surface area contributed by atoms with E-state index in [-0.39, 0.29) is 28.5 Å². The third-order valence-corrected chi connectivity index (χ3v) is 2.89.